The highest BCUT2D eigenvalue weighted by Gasteiger charge is 2.17. The Kier molecular flexibility index (Phi) is 6.67. The van der Waals surface area contributed by atoms with Gasteiger partial charge in [-0.3, -0.25) is 4.72 Å². The molecular weight excluding hydrogens is 384 g/mol. The number of nitrogens with one attached hydrogen (secondary N) is 2. The third-order valence-electron chi connectivity index (χ3n) is 4.18. The Balaban J connectivity index is 2.18. The van der Waals surface area contributed by atoms with E-state index in [1.165, 1.54) is 24.3 Å². The second-order valence-corrected chi connectivity index (χ2v) is 10.2. The van der Waals surface area contributed by atoms with Gasteiger partial charge in [-0.15, -0.1) is 0 Å². The van der Waals surface area contributed by atoms with Crippen LogP contribution in [0.1, 0.15) is 45.6 Å². The third kappa shape index (κ3) is 5.54. The molecule has 2 rings (SSSR count). The van der Waals surface area contributed by atoms with Gasteiger partial charge in [0.05, 0.1) is 9.79 Å². The third-order valence-corrected chi connectivity index (χ3v) is 7.25. The average Bonchev–Trinajstić information content (AvgIpc) is 2.60. The van der Waals surface area contributed by atoms with Crippen LogP contribution >= 0.6 is 0 Å². The van der Waals surface area contributed by atoms with E-state index >= 15 is 0 Å². The molecule has 2 aromatic rings. The quantitative estimate of drug-likeness (QED) is 0.694. The Morgan fingerprint density at radius 1 is 0.778 bits per heavy atom. The van der Waals surface area contributed by atoms with Gasteiger partial charge in [0, 0.05) is 11.7 Å². The summed E-state index contributed by atoms with van der Waals surface area (Å²) < 4.78 is 54.3. The van der Waals surface area contributed by atoms with Crippen LogP contribution in [0.2, 0.25) is 0 Å². The number of rotatable bonds is 8. The lowest BCUT2D eigenvalue weighted by Crippen LogP contribution is -2.30. The first-order valence-electron chi connectivity index (χ1n) is 8.80. The van der Waals surface area contributed by atoms with Crippen LogP contribution < -0.4 is 9.44 Å². The predicted octanol–water partition coefficient (Wildman–Crippen LogP) is 3.69. The van der Waals surface area contributed by atoms with Crippen molar-refractivity contribution in [1.82, 2.24) is 4.72 Å². The number of hydrogen-bond donors (Lipinski definition) is 2. The van der Waals surface area contributed by atoms with E-state index in [4.69, 9.17) is 0 Å². The van der Waals surface area contributed by atoms with Gasteiger partial charge in [-0.1, -0.05) is 26.0 Å². The fourth-order valence-corrected chi connectivity index (χ4v) is 4.82. The van der Waals surface area contributed by atoms with E-state index in [2.05, 4.69) is 23.3 Å². The van der Waals surface area contributed by atoms with Crippen LogP contribution in [0.15, 0.2) is 58.3 Å². The molecule has 8 heteroatoms. The van der Waals surface area contributed by atoms with E-state index in [0.717, 1.165) is 12.0 Å². The molecule has 0 fully saturated rings. The Morgan fingerprint density at radius 2 is 1.26 bits per heavy atom. The smallest absolute Gasteiger partial charge is 0.261 e. The van der Waals surface area contributed by atoms with E-state index in [1.807, 2.05) is 12.1 Å². The summed E-state index contributed by atoms with van der Waals surface area (Å²) in [5, 5.41) is 0. The molecule has 0 aliphatic heterocycles. The lowest BCUT2D eigenvalue weighted by atomic mass is 9.99. The molecule has 148 valence electrons. The van der Waals surface area contributed by atoms with E-state index in [1.54, 1.807) is 26.0 Å². The molecule has 0 amide bonds. The number of benzene rings is 2. The van der Waals surface area contributed by atoms with Gasteiger partial charge in [0.2, 0.25) is 10.0 Å². The van der Waals surface area contributed by atoms with Crippen molar-refractivity contribution in [3.63, 3.8) is 0 Å². The second-order valence-electron chi connectivity index (χ2n) is 6.78. The van der Waals surface area contributed by atoms with Crippen LogP contribution in [0.5, 0.6) is 0 Å². The lowest BCUT2D eigenvalue weighted by molar-refractivity contribution is 0.570. The lowest BCUT2D eigenvalue weighted by Gasteiger charge is -2.12. The van der Waals surface area contributed by atoms with Crippen molar-refractivity contribution >= 4 is 25.7 Å². The molecule has 0 radical (unpaired) electrons. The van der Waals surface area contributed by atoms with Gasteiger partial charge in [0.15, 0.2) is 0 Å². The molecule has 0 aliphatic carbocycles. The summed E-state index contributed by atoms with van der Waals surface area (Å²) >= 11 is 0. The van der Waals surface area contributed by atoms with Crippen molar-refractivity contribution in [1.29, 1.82) is 0 Å². The van der Waals surface area contributed by atoms with Crippen molar-refractivity contribution in [2.45, 2.75) is 55.9 Å². The first kappa shape index (κ1) is 21.4. The largest absolute Gasteiger partial charge is 0.280 e. The van der Waals surface area contributed by atoms with Crippen molar-refractivity contribution in [2.24, 2.45) is 0 Å². The summed E-state index contributed by atoms with van der Waals surface area (Å²) in [7, 11) is -7.36. The minimum absolute atomic E-state index is 0.0806. The summed E-state index contributed by atoms with van der Waals surface area (Å²) in [6.07, 6.45) is 0.977. The fraction of sp³-hybridized carbons (Fsp3) is 0.368. The molecule has 0 heterocycles. The first-order chi connectivity index (χ1) is 12.5. The van der Waals surface area contributed by atoms with Crippen molar-refractivity contribution in [2.75, 3.05) is 4.72 Å². The second kappa shape index (κ2) is 8.41. The minimum Gasteiger partial charge on any atom is -0.280 e. The molecule has 6 nitrogen and oxygen atoms in total. The SMILES string of the molecule is CC[C@H](C)c1ccc(S(=O)(=O)Nc2ccc(S(=O)(=O)NC(C)C)cc2)cc1. The van der Waals surface area contributed by atoms with Gasteiger partial charge in [-0.05, 0) is 68.1 Å². The summed E-state index contributed by atoms with van der Waals surface area (Å²) in [6.45, 7) is 7.63. The van der Waals surface area contributed by atoms with Crippen LogP contribution in [0.3, 0.4) is 0 Å². The molecule has 27 heavy (non-hydrogen) atoms. The number of sulfonamides is 2. The van der Waals surface area contributed by atoms with Crippen molar-refractivity contribution in [3.05, 3.63) is 54.1 Å². The Morgan fingerprint density at radius 3 is 1.74 bits per heavy atom. The molecule has 1 atom stereocenters. The van der Waals surface area contributed by atoms with Crippen LogP contribution in [0.25, 0.3) is 0 Å². The van der Waals surface area contributed by atoms with Crippen molar-refractivity contribution in [3.8, 4) is 0 Å². The summed E-state index contributed by atoms with van der Waals surface area (Å²) in [6, 6.07) is 12.2. The summed E-state index contributed by atoms with van der Waals surface area (Å²) in [5.41, 5.74) is 1.38. The first-order valence-corrected chi connectivity index (χ1v) is 11.8. The van der Waals surface area contributed by atoms with Gasteiger partial charge in [0.1, 0.15) is 0 Å². The summed E-state index contributed by atoms with van der Waals surface area (Å²) in [4.78, 5) is 0.241. The van der Waals surface area contributed by atoms with Crippen LogP contribution in [0, 0.1) is 0 Å². The van der Waals surface area contributed by atoms with E-state index < -0.39 is 20.0 Å². The molecular formula is C19H26N2O4S2. The molecule has 0 aromatic heterocycles. The van der Waals surface area contributed by atoms with Gasteiger partial charge in [-0.2, -0.15) is 0 Å². The van der Waals surface area contributed by atoms with Crippen molar-refractivity contribution < 1.29 is 16.8 Å². The molecule has 0 unspecified atom stereocenters. The van der Waals surface area contributed by atoms with Crippen LogP contribution in [-0.2, 0) is 20.0 Å². The average molecular weight is 411 g/mol. The number of anilines is 1. The molecule has 2 N–H and O–H groups in total. The zero-order valence-corrected chi connectivity index (χ0v) is 17.6. The zero-order chi connectivity index (χ0) is 20.2. The fourth-order valence-electron chi connectivity index (χ4n) is 2.51. The number of hydrogen-bond acceptors (Lipinski definition) is 4. The van der Waals surface area contributed by atoms with Gasteiger partial charge in [0.25, 0.3) is 10.0 Å². The van der Waals surface area contributed by atoms with E-state index in [9.17, 15) is 16.8 Å². The summed E-state index contributed by atoms with van der Waals surface area (Å²) in [5.74, 6) is 0.364. The van der Waals surface area contributed by atoms with Gasteiger partial charge >= 0.3 is 0 Å². The standard InChI is InChI=1S/C19H26N2O4S2/c1-5-15(4)16-6-10-18(11-7-16)27(24,25)21-17-8-12-19(13-9-17)26(22,23)20-14(2)3/h6-15,20-21H,5H2,1-4H3/t15-/m0/s1. The van der Waals surface area contributed by atoms with Crippen LogP contribution in [0.4, 0.5) is 5.69 Å². The normalized spacial score (nSPS) is 13.5. The Hall–Kier alpha value is -1.90. The molecule has 0 bridgehead atoms. The van der Waals surface area contributed by atoms with E-state index in [-0.39, 0.29) is 15.8 Å². The molecule has 0 saturated carbocycles. The van der Waals surface area contributed by atoms with E-state index in [0.29, 0.717) is 11.6 Å². The predicted molar refractivity (Wildman–Crippen MR) is 108 cm³/mol. The topological polar surface area (TPSA) is 92.3 Å². The molecule has 0 spiro atoms. The maximum atomic E-state index is 12.5. The molecule has 0 saturated heterocycles. The molecule has 0 aliphatic rings. The molecule has 2 aromatic carbocycles. The Bertz CT molecular complexity index is 965. The zero-order valence-electron chi connectivity index (χ0n) is 15.9. The highest BCUT2D eigenvalue weighted by Crippen LogP contribution is 2.22. The highest BCUT2D eigenvalue weighted by atomic mass is 32.2. The monoisotopic (exact) mass is 410 g/mol. The van der Waals surface area contributed by atoms with Gasteiger partial charge in [-0.25, -0.2) is 21.6 Å². The van der Waals surface area contributed by atoms with Gasteiger partial charge < -0.3 is 0 Å². The Labute approximate surface area is 162 Å². The maximum absolute atomic E-state index is 12.5. The van der Waals surface area contributed by atoms with Crippen LogP contribution in [-0.4, -0.2) is 22.9 Å². The maximum Gasteiger partial charge on any atom is 0.261 e. The highest BCUT2D eigenvalue weighted by molar-refractivity contribution is 7.92. The minimum atomic E-state index is -3.74.